The molecule has 8 nitrogen and oxygen atoms in total. The van der Waals surface area contributed by atoms with E-state index in [1.807, 2.05) is 18.2 Å². The van der Waals surface area contributed by atoms with Gasteiger partial charge < -0.3 is 20.0 Å². The summed E-state index contributed by atoms with van der Waals surface area (Å²) in [6, 6.07) is 14.8. The van der Waals surface area contributed by atoms with Crippen molar-refractivity contribution in [3.05, 3.63) is 71.5 Å². The quantitative estimate of drug-likeness (QED) is 0.737. The van der Waals surface area contributed by atoms with Crippen LogP contribution in [-0.2, 0) is 9.59 Å². The van der Waals surface area contributed by atoms with Gasteiger partial charge in [-0.3, -0.25) is 9.59 Å². The van der Waals surface area contributed by atoms with Crippen LogP contribution in [0.2, 0.25) is 0 Å². The third kappa shape index (κ3) is 6.13. The average Bonchev–Trinajstić information content (AvgIpc) is 2.74. The third-order valence-corrected chi connectivity index (χ3v) is 4.13. The van der Waals surface area contributed by atoms with E-state index in [1.54, 1.807) is 28.0 Å². The number of hydrogen-bond acceptors (Lipinski definition) is 4. The van der Waals surface area contributed by atoms with Gasteiger partial charge in [-0.15, -0.1) is 0 Å². The van der Waals surface area contributed by atoms with Gasteiger partial charge in [-0.25, -0.2) is 14.0 Å². The van der Waals surface area contributed by atoms with Crippen molar-refractivity contribution in [3.8, 4) is 0 Å². The zero-order chi connectivity index (χ0) is 21.4. The Labute approximate surface area is 165 Å². The second-order valence-electron chi connectivity index (χ2n) is 6.07. The van der Waals surface area contributed by atoms with Crippen LogP contribution in [0.3, 0.4) is 0 Å². The largest absolute Gasteiger partial charge is 0.473 e. The Hall–Kier alpha value is -3.75. The molecule has 0 unspecified atom stereocenters. The summed E-state index contributed by atoms with van der Waals surface area (Å²) in [5, 5.41) is 14.8. The summed E-state index contributed by atoms with van der Waals surface area (Å²) >= 11 is 0. The van der Waals surface area contributed by atoms with E-state index in [1.165, 1.54) is 18.2 Å². The molecule has 2 N–H and O–H groups in total. The fourth-order valence-corrected chi connectivity index (χ4v) is 2.68. The lowest BCUT2D eigenvalue weighted by Gasteiger charge is -2.34. The Morgan fingerprint density at radius 2 is 1.14 bits per heavy atom. The number of piperazine rings is 1. The molecule has 152 valence electrons. The predicted octanol–water partition coefficient (Wildman–Crippen LogP) is 1.58. The molecule has 2 amide bonds. The van der Waals surface area contributed by atoms with Crippen LogP contribution in [0, 0.1) is 5.82 Å². The molecule has 3 rings (SSSR count). The molecule has 0 aliphatic carbocycles. The van der Waals surface area contributed by atoms with E-state index >= 15 is 0 Å². The Kier molecular flexibility index (Phi) is 7.41. The monoisotopic (exact) mass is 402 g/mol. The van der Waals surface area contributed by atoms with Gasteiger partial charge in [0.05, 0.1) is 0 Å². The van der Waals surface area contributed by atoms with Crippen molar-refractivity contribution in [2.45, 2.75) is 0 Å². The SMILES string of the molecule is O=C(O)C(=O)O.O=C(c1ccccc1)N1CCN(C(=O)c2cccc(F)c2)CC1. The van der Waals surface area contributed by atoms with Gasteiger partial charge in [0.25, 0.3) is 11.8 Å². The summed E-state index contributed by atoms with van der Waals surface area (Å²) in [6.07, 6.45) is 0. The molecule has 0 spiro atoms. The van der Waals surface area contributed by atoms with Gasteiger partial charge in [-0.1, -0.05) is 24.3 Å². The average molecular weight is 402 g/mol. The van der Waals surface area contributed by atoms with Crippen molar-refractivity contribution in [2.75, 3.05) is 26.2 Å². The van der Waals surface area contributed by atoms with Crippen LogP contribution < -0.4 is 0 Å². The lowest BCUT2D eigenvalue weighted by atomic mass is 10.1. The van der Waals surface area contributed by atoms with Crippen LogP contribution in [0.1, 0.15) is 20.7 Å². The number of nitrogens with zero attached hydrogens (tertiary/aromatic N) is 2. The van der Waals surface area contributed by atoms with Gasteiger partial charge in [0.2, 0.25) is 0 Å². The molecule has 2 aromatic rings. The van der Waals surface area contributed by atoms with Gasteiger partial charge in [-0.2, -0.15) is 0 Å². The lowest BCUT2D eigenvalue weighted by Crippen LogP contribution is -2.50. The molecule has 0 bridgehead atoms. The summed E-state index contributed by atoms with van der Waals surface area (Å²) in [5.74, 6) is -4.29. The van der Waals surface area contributed by atoms with Crippen LogP contribution in [-0.4, -0.2) is 69.9 Å². The normalized spacial score (nSPS) is 13.1. The molecule has 9 heteroatoms. The number of halogens is 1. The highest BCUT2D eigenvalue weighted by Gasteiger charge is 2.25. The minimum absolute atomic E-state index is 0.0246. The van der Waals surface area contributed by atoms with Crippen molar-refractivity contribution < 1.29 is 33.8 Å². The van der Waals surface area contributed by atoms with Crippen LogP contribution in [0.5, 0.6) is 0 Å². The topological polar surface area (TPSA) is 115 Å². The van der Waals surface area contributed by atoms with Crippen LogP contribution in [0.25, 0.3) is 0 Å². The zero-order valence-electron chi connectivity index (χ0n) is 15.3. The van der Waals surface area contributed by atoms with E-state index in [4.69, 9.17) is 19.8 Å². The number of benzene rings is 2. The van der Waals surface area contributed by atoms with Gasteiger partial charge in [0.1, 0.15) is 5.82 Å². The number of carboxylic acids is 2. The van der Waals surface area contributed by atoms with Gasteiger partial charge >= 0.3 is 11.9 Å². The molecular weight excluding hydrogens is 383 g/mol. The minimum Gasteiger partial charge on any atom is -0.473 e. The number of carboxylic acid groups (broad SMARTS) is 2. The predicted molar refractivity (Wildman–Crippen MR) is 99.9 cm³/mol. The third-order valence-electron chi connectivity index (χ3n) is 4.13. The summed E-state index contributed by atoms with van der Waals surface area (Å²) in [5.41, 5.74) is 0.991. The fraction of sp³-hybridized carbons (Fsp3) is 0.200. The van der Waals surface area contributed by atoms with Crippen molar-refractivity contribution in [1.82, 2.24) is 9.80 Å². The number of rotatable bonds is 2. The summed E-state index contributed by atoms with van der Waals surface area (Å²) < 4.78 is 13.2. The molecule has 0 radical (unpaired) electrons. The van der Waals surface area contributed by atoms with E-state index in [0.29, 0.717) is 37.3 Å². The molecule has 1 saturated heterocycles. The molecule has 1 fully saturated rings. The summed E-state index contributed by atoms with van der Waals surface area (Å²) in [7, 11) is 0. The molecule has 29 heavy (non-hydrogen) atoms. The molecule has 1 aliphatic rings. The van der Waals surface area contributed by atoms with Gasteiger partial charge in [-0.05, 0) is 30.3 Å². The first-order valence-corrected chi connectivity index (χ1v) is 8.65. The maximum atomic E-state index is 13.2. The van der Waals surface area contributed by atoms with E-state index < -0.39 is 17.8 Å². The molecule has 2 aromatic carbocycles. The van der Waals surface area contributed by atoms with E-state index in [9.17, 15) is 14.0 Å². The van der Waals surface area contributed by atoms with E-state index in [0.717, 1.165) is 0 Å². The van der Waals surface area contributed by atoms with Crippen LogP contribution >= 0.6 is 0 Å². The first-order chi connectivity index (χ1) is 13.8. The molecule has 1 aliphatic heterocycles. The standard InChI is InChI=1S/C18H17FN2O2.C2H2O4/c19-16-8-4-7-15(13-16)18(23)21-11-9-20(10-12-21)17(22)14-5-2-1-3-6-14;3-1(4)2(5)6/h1-8,13H,9-12H2;(H,3,4)(H,5,6). The highest BCUT2D eigenvalue weighted by atomic mass is 19.1. The van der Waals surface area contributed by atoms with Crippen molar-refractivity contribution in [1.29, 1.82) is 0 Å². The summed E-state index contributed by atoms with van der Waals surface area (Å²) in [6.45, 7) is 1.87. The number of hydrogen-bond donors (Lipinski definition) is 2. The second kappa shape index (κ2) is 9.98. The van der Waals surface area contributed by atoms with Gasteiger partial charge in [0, 0.05) is 37.3 Å². The number of aliphatic carboxylic acids is 2. The highest BCUT2D eigenvalue weighted by Crippen LogP contribution is 2.12. The second-order valence-corrected chi connectivity index (χ2v) is 6.07. The first-order valence-electron chi connectivity index (χ1n) is 8.65. The maximum absolute atomic E-state index is 13.2. The Morgan fingerprint density at radius 1 is 0.690 bits per heavy atom. The highest BCUT2D eigenvalue weighted by molar-refractivity contribution is 6.27. The van der Waals surface area contributed by atoms with Gasteiger partial charge in [0.15, 0.2) is 0 Å². The molecule has 1 heterocycles. The van der Waals surface area contributed by atoms with Crippen molar-refractivity contribution in [2.24, 2.45) is 0 Å². The number of carbonyl (C=O) groups is 4. The fourth-order valence-electron chi connectivity index (χ4n) is 2.68. The zero-order valence-corrected chi connectivity index (χ0v) is 15.3. The Bertz CT molecular complexity index is 883. The maximum Gasteiger partial charge on any atom is 0.414 e. The number of carbonyl (C=O) groups excluding carboxylic acids is 2. The van der Waals surface area contributed by atoms with Crippen LogP contribution in [0.15, 0.2) is 54.6 Å². The Morgan fingerprint density at radius 3 is 1.59 bits per heavy atom. The number of amides is 2. The smallest absolute Gasteiger partial charge is 0.414 e. The lowest BCUT2D eigenvalue weighted by molar-refractivity contribution is -0.159. The molecule has 0 atom stereocenters. The van der Waals surface area contributed by atoms with Crippen molar-refractivity contribution >= 4 is 23.8 Å². The molecular formula is C20H19FN2O6. The van der Waals surface area contributed by atoms with E-state index in [-0.39, 0.29) is 11.8 Å². The first kappa shape index (κ1) is 21.5. The van der Waals surface area contributed by atoms with Crippen molar-refractivity contribution in [3.63, 3.8) is 0 Å². The molecule has 0 saturated carbocycles. The van der Waals surface area contributed by atoms with Crippen LogP contribution in [0.4, 0.5) is 4.39 Å². The minimum atomic E-state index is -1.82. The summed E-state index contributed by atoms with van der Waals surface area (Å²) in [4.78, 5) is 46.3. The Balaban J connectivity index is 0.000000438. The van der Waals surface area contributed by atoms with E-state index in [2.05, 4.69) is 0 Å². The molecule has 0 aromatic heterocycles.